The van der Waals surface area contributed by atoms with E-state index in [-0.39, 0.29) is 12.4 Å². The Labute approximate surface area is 67.9 Å². The minimum atomic E-state index is 0. The fraction of sp³-hybridized carbons (Fsp3) is 0.375. The molecule has 0 aliphatic rings. The van der Waals surface area contributed by atoms with Crippen LogP contribution in [-0.2, 0) is 6.42 Å². The van der Waals surface area contributed by atoms with Crippen LogP contribution in [0.4, 0.5) is 0 Å². The number of rotatable bonds is 2. The summed E-state index contributed by atoms with van der Waals surface area (Å²) in [5, 5.41) is 0. The van der Waals surface area contributed by atoms with Crippen molar-refractivity contribution in [1.29, 1.82) is 0 Å². The second kappa shape index (κ2) is 5.24. The summed E-state index contributed by atoms with van der Waals surface area (Å²) in [6, 6.07) is 4.17. The fourth-order valence-corrected chi connectivity index (χ4v) is 0.875. The minimum absolute atomic E-state index is 0. The molecule has 0 bridgehead atoms. The van der Waals surface area contributed by atoms with Crippen molar-refractivity contribution in [2.75, 3.05) is 0 Å². The molecule has 0 unspecified atom stereocenters. The maximum Gasteiger partial charge on any atom is 0.170 e. The van der Waals surface area contributed by atoms with Crippen molar-refractivity contribution in [1.82, 2.24) is 0 Å². The van der Waals surface area contributed by atoms with Gasteiger partial charge in [-0.25, -0.2) is 4.98 Å². The van der Waals surface area contributed by atoms with Gasteiger partial charge in [0.05, 0.1) is 0 Å². The van der Waals surface area contributed by atoms with Crippen molar-refractivity contribution >= 4 is 0 Å². The topological polar surface area (TPSA) is 14.1 Å². The number of aromatic nitrogens is 1. The number of pyridine rings is 1. The monoisotopic (exact) mass is 157 g/mol. The molecule has 2 heteroatoms. The van der Waals surface area contributed by atoms with Crippen LogP contribution in [0.15, 0.2) is 24.5 Å². The predicted octanol–water partition coefficient (Wildman–Crippen LogP) is -1.54. The number of halogens is 1. The van der Waals surface area contributed by atoms with Crippen LogP contribution < -0.4 is 17.4 Å². The Morgan fingerprint density at radius 2 is 2.30 bits per heavy atom. The third-order valence-electron chi connectivity index (χ3n) is 1.31. The van der Waals surface area contributed by atoms with Crippen molar-refractivity contribution in [2.24, 2.45) is 0 Å². The van der Waals surface area contributed by atoms with Gasteiger partial charge in [-0.05, 0) is 12.5 Å². The first-order valence-electron chi connectivity index (χ1n) is 3.38. The fourth-order valence-electron chi connectivity index (χ4n) is 0.875. The Morgan fingerprint density at radius 1 is 1.50 bits per heavy atom. The van der Waals surface area contributed by atoms with Gasteiger partial charge in [0, 0.05) is 11.6 Å². The van der Waals surface area contributed by atoms with E-state index in [2.05, 4.69) is 18.0 Å². The largest absolute Gasteiger partial charge is 1.00 e. The normalized spacial score (nSPS) is 8.50. The molecule has 0 aliphatic carbocycles. The van der Waals surface area contributed by atoms with E-state index in [1.165, 1.54) is 18.4 Å². The van der Waals surface area contributed by atoms with Gasteiger partial charge >= 0.3 is 0 Å². The molecule has 10 heavy (non-hydrogen) atoms. The maximum absolute atomic E-state index is 3.05. The third kappa shape index (κ3) is 2.83. The lowest BCUT2D eigenvalue weighted by Crippen LogP contribution is -3.00. The second-order valence-electron chi connectivity index (χ2n) is 2.16. The zero-order valence-electron chi connectivity index (χ0n) is 6.10. The molecule has 1 rings (SSSR count). The highest BCUT2D eigenvalue weighted by Crippen LogP contribution is 1.96. The molecular formula is C8H12ClN. The highest BCUT2D eigenvalue weighted by atomic mass is 35.5. The van der Waals surface area contributed by atoms with E-state index in [0.717, 1.165) is 0 Å². The Hall–Kier alpha value is -0.560. The summed E-state index contributed by atoms with van der Waals surface area (Å²) in [5.74, 6) is 0. The van der Waals surface area contributed by atoms with E-state index >= 15 is 0 Å². The van der Waals surface area contributed by atoms with E-state index in [4.69, 9.17) is 0 Å². The Balaban J connectivity index is 0.000000810. The molecule has 0 radical (unpaired) electrons. The Kier molecular flexibility index (Phi) is 4.95. The summed E-state index contributed by atoms with van der Waals surface area (Å²) in [6.07, 6.45) is 6.37. The summed E-state index contributed by atoms with van der Waals surface area (Å²) in [5.41, 5.74) is 1.39. The van der Waals surface area contributed by atoms with E-state index in [1.807, 2.05) is 18.5 Å². The highest BCUT2D eigenvalue weighted by Gasteiger charge is 1.89. The van der Waals surface area contributed by atoms with E-state index in [9.17, 15) is 0 Å². The standard InChI is InChI=1S/C8H11N.ClH/c1-2-4-8-5-3-6-9-7-8;/h3,5-7H,2,4H2,1H3;1H. The SMILES string of the molecule is CCCc1ccc[nH+]c1.[Cl-]. The molecule has 0 aromatic carbocycles. The zero-order valence-corrected chi connectivity index (χ0v) is 6.86. The average molecular weight is 158 g/mol. The molecule has 0 saturated heterocycles. The van der Waals surface area contributed by atoms with Crippen LogP contribution in [0, 0.1) is 0 Å². The van der Waals surface area contributed by atoms with Gasteiger partial charge in [0.15, 0.2) is 12.4 Å². The second-order valence-corrected chi connectivity index (χ2v) is 2.16. The number of nitrogens with one attached hydrogen (secondary N) is 1. The van der Waals surface area contributed by atoms with Crippen molar-refractivity contribution in [3.8, 4) is 0 Å². The number of hydrogen-bond donors (Lipinski definition) is 0. The van der Waals surface area contributed by atoms with Gasteiger partial charge in [-0.2, -0.15) is 0 Å². The molecule has 0 aliphatic heterocycles. The summed E-state index contributed by atoms with van der Waals surface area (Å²) in [6.45, 7) is 2.19. The maximum atomic E-state index is 3.05. The summed E-state index contributed by atoms with van der Waals surface area (Å²) >= 11 is 0. The molecule has 0 fully saturated rings. The van der Waals surface area contributed by atoms with Crippen LogP contribution >= 0.6 is 0 Å². The quantitative estimate of drug-likeness (QED) is 0.494. The molecule has 1 nitrogen and oxygen atoms in total. The van der Waals surface area contributed by atoms with Crippen LogP contribution in [0.25, 0.3) is 0 Å². The van der Waals surface area contributed by atoms with Crippen molar-refractivity contribution in [3.05, 3.63) is 30.1 Å². The minimum Gasteiger partial charge on any atom is -1.00 e. The zero-order chi connectivity index (χ0) is 6.53. The average Bonchev–Trinajstić information content (AvgIpc) is 1.91. The van der Waals surface area contributed by atoms with Gasteiger partial charge in [-0.3, -0.25) is 0 Å². The molecule has 0 atom stereocenters. The predicted molar refractivity (Wildman–Crippen MR) is 37.0 cm³/mol. The first-order valence-corrected chi connectivity index (χ1v) is 3.38. The first kappa shape index (κ1) is 9.44. The molecular weight excluding hydrogens is 146 g/mol. The van der Waals surface area contributed by atoms with Gasteiger partial charge in [-0.15, -0.1) is 0 Å². The van der Waals surface area contributed by atoms with Crippen LogP contribution in [0.1, 0.15) is 18.9 Å². The van der Waals surface area contributed by atoms with Crippen molar-refractivity contribution < 1.29 is 17.4 Å². The van der Waals surface area contributed by atoms with E-state index in [1.54, 1.807) is 0 Å². The molecule has 0 spiro atoms. The third-order valence-corrected chi connectivity index (χ3v) is 1.31. The lowest BCUT2D eigenvalue weighted by atomic mass is 10.2. The number of aromatic amines is 1. The molecule has 1 N–H and O–H groups in total. The van der Waals surface area contributed by atoms with Gasteiger partial charge in [0.25, 0.3) is 0 Å². The molecule has 1 heterocycles. The van der Waals surface area contributed by atoms with Gasteiger partial charge in [-0.1, -0.05) is 13.3 Å². The molecule has 1 aromatic rings. The summed E-state index contributed by atoms with van der Waals surface area (Å²) in [7, 11) is 0. The summed E-state index contributed by atoms with van der Waals surface area (Å²) < 4.78 is 0. The smallest absolute Gasteiger partial charge is 0.170 e. The first-order chi connectivity index (χ1) is 4.43. The van der Waals surface area contributed by atoms with Gasteiger partial charge in [0.1, 0.15) is 0 Å². The lowest BCUT2D eigenvalue weighted by molar-refractivity contribution is -0.378. The van der Waals surface area contributed by atoms with Gasteiger partial charge in [0.2, 0.25) is 0 Å². The Morgan fingerprint density at radius 3 is 2.80 bits per heavy atom. The van der Waals surface area contributed by atoms with Crippen LogP contribution in [0.3, 0.4) is 0 Å². The van der Waals surface area contributed by atoms with E-state index < -0.39 is 0 Å². The van der Waals surface area contributed by atoms with E-state index in [0.29, 0.717) is 0 Å². The van der Waals surface area contributed by atoms with Crippen LogP contribution in [0.5, 0.6) is 0 Å². The molecule has 56 valence electrons. The number of aryl methyl sites for hydroxylation is 1. The lowest BCUT2D eigenvalue weighted by Gasteiger charge is -1.89. The summed E-state index contributed by atoms with van der Waals surface area (Å²) in [4.78, 5) is 3.05. The van der Waals surface area contributed by atoms with Crippen LogP contribution in [-0.4, -0.2) is 0 Å². The van der Waals surface area contributed by atoms with Crippen molar-refractivity contribution in [3.63, 3.8) is 0 Å². The molecule has 0 saturated carbocycles. The molecule has 0 amide bonds. The van der Waals surface area contributed by atoms with Crippen LogP contribution in [0.2, 0.25) is 0 Å². The van der Waals surface area contributed by atoms with Gasteiger partial charge < -0.3 is 12.4 Å². The number of H-pyrrole nitrogens is 1. The highest BCUT2D eigenvalue weighted by molar-refractivity contribution is 5.04. The Bertz CT molecular complexity index is 162. The molecule has 1 aromatic heterocycles. The van der Waals surface area contributed by atoms with Crippen molar-refractivity contribution in [2.45, 2.75) is 19.8 Å². The number of hydrogen-bond acceptors (Lipinski definition) is 0.